The van der Waals surface area contributed by atoms with E-state index < -0.39 is 5.97 Å². The first-order valence-corrected chi connectivity index (χ1v) is 10.4. The van der Waals surface area contributed by atoms with Crippen LogP contribution in [0.1, 0.15) is 57.9 Å². The molecule has 3 rings (SSSR count). The first-order chi connectivity index (χ1) is 13.7. The highest BCUT2D eigenvalue weighted by Crippen LogP contribution is 2.29. The van der Waals surface area contributed by atoms with Crippen LogP contribution in [-0.4, -0.2) is 64.3 Å². The van der Waals surface area contributed by atoms with Gasteiger partial charge in [-0.1, -0.05) is 36.8 Å². The molecule has 1 fully saturated rings. The third-order valence-electron chi connectivity index (χ3n) is 4.91. The SMILES string of the molecule is CO[C@@H]1CN(c2nc(C)c(C(=O)O)s2)CC[C@@H]1NC(=O)c1nc(Cl)c(C(C)C)[nH]1. The van der Waals surface area contributed by atoms with E-state index >= 15 is 0 Å². The molecule has 0 aliphatic carbocycles. The maximum absolute atomic E-state index is 12.6. The number of ether oxygens (including phenoxy) is 1. The average Bonchev–Trinajstić information content (AvgIpc) is 3.25. The molecule has 0 spiro atoms. The Labute approximate surface area is 177 Å². The summed E-state index contributed by atoms with van der Waals surface area (Å²) in [6, 6.07) is -0.213. The largest absolute Gasteiger partial charge is 0.477 e. The Kier molecular flexibility index (Phi) is 6.45. The van der Waals surface area contributed by atoms with Gasteiger partial charge in [0.1, 0.15) is 4.88 Å². The summed E-state index contributed by atoms with van der Waals surface area (Å²) in [6.07, 6.45) is 0.344. The van der Waals surface area contributed by atoms with E-state index in [0.717, 1.165) is 17.0 Å². The molecule has 29 heavy (non-hydrogen) atoms. The van der Waals surface area contributed by atoms with Crippen LogP contribution in [0.4, 0.5) is 5.13 Å². The minimum absolute atomic E-state index is 0.129. The summed E-state index contributed by atoms with van der Waals surface area (Å²) in [5, 5.41) is 13.2. The number of methoxy groups -OCH3 is 1. The third kappa shape index (κ3) is 4.54. The van der Waals surface area contributed by atoms with Crippen LogP contribution in [0.5, 0.6) is 0 Å². The van der Waals surface area contributed by atoms with Gasteiger partial charge >= 0.3 is 5.97 Å². The number of nitrogens with zero attached hydrogens (tertiary/aromatic N) is 3. The molecular weight excluding hydrogens is 418 g/mol. The summed E-state index contributed by atoms with van der Waals surface area (Å²) in [7, 11) is 1.59. The van der Waals surface area contributed by atoms with Crippen molar-refractivity contribution in [2.24, 2.45) is 0 Å². The summed E-state index contributed by atoms with van der Waals surface area (Å²) in [5.74, 6) is -1.01. The number of thiazole rings is 1. The first-order valence-electron chi connectivity index (χ1n) is 9.26. The number of hydrogen-bond acceptors (Lipinski definition) is 7. The molecule has 3 N–H and O–H groups in total. The quantitative estimate of drug-likeness (QED) is 0.630. The lowest BCUT2D eigenvalue weighted by molar-refractivity contribution is 0.0538. The van der Waals surface area contributed by atoms with Crippen molar-refractivity contribution in [1.82, 2.24) is 20.3 Å². The van der Waals surface area contributed by atoms with Crippen LogP contribution in [-0.2, 0) is 4.74 Å². The van der Waals surface area contributed by atoms with Gasteiger partial charge in [-0.2, -0.15) is 0 Å². The Morgan fingerprint density at radius 1 is 1.41 bits per heavy atom. The highest BCUT2D eigenvalue weighted by molar-refractivity contribution is 7.17. The number of imidazole rings is 1. The number of aromatic carboxylic acids is 1. The number of nitrogens with one attached hydrogen (secondary N) is 2. The molecule has 1 aliphatic heterocycles. The molecule has 1 aliphatic rings. The first kappa shape index (κ1) is 21.5. The molecule has 0 bridgehead atoms. The number of aromatic amines is 1. The summed E-state index contributed by atoms with van der Waals surface area (Å²) in [6.45, 7) is 6.72. The monoisotopic (exact) mass is 441 g/mol. The number of piperidine rings is 1. The van der Waals surface area contributed by atoms with Crippen LogP contribution < -0.4 is 10.2 Å². The predicted molar refractivity (Wildman–Crippen MR) is 110 cm³/mol. The van der Waals surface area contributed by atoms with Gasteiger partial charge in [0.25, 0.3) is 5.91 Å². The molecule has 1 saturated heterocycles. The lowest BCUT2D eigenvalue weighted by atomic mass is 10.0. The van der Waals surface area contributed by atoms with Gasteiger partial charge in [-0.05, 0) is 19.3 Å². The van der Waals surface area contributed by atoms with Gasteiger partial charge in [-0.25, -0.2) is 14.8 Å². The highest BCUT2D eigenvalue weighted by Gasteiger charge is 2.33. The van der Waals surface area contributed by atoms with E-state index in [1.54, 1.807) is 14.0 Å². The predicted octanol–water partition coefficient (Wildman–Crippen LogP) is 2.67. The van der Waals surface area contributed by atoms with Crippen molar-refractivity contribution in [1.29, 1.82) is 0 Å². The number of rotatable bonds is 6. The van der Waals surface area contributed by atoms with Gasteiger partial charge in [0.05, 0.1) is 23.5 Å². The van der Waals surface area contributed by atoms with E-state index in [2.05, 4.69) is 20.3 Å². The Balaban J connectivity index is 1.68. The fraction of sp³-hybridized carbons (Fsp3) is 0.556. The normalized spacial score (nSPS) is 19.6. The number of amides is 1. The van der Waals surface area contributed by atoms with Crippen molar-refractivity contribution in [3.8, 4) is 0 Å². The summed E-state index contributed by atoms with van der Waals surface area (Å²) < 4.78 is 5.59. The lowest BCUT2D eigenvalue weighted by Gasteiger charge is -2.37. The number of aromatic nitrogens is 3. The van der Waals surface area contributed by atoms with Crippen molar-refractivity contribution in [2.45, 2.75) is 45.3 Å². The van der Waals surface area contributed by atoms with Crippen molar-refractivity contribution in [3.63, 3.8) is 0 Å². The van der Waals surface area contributed by atoms with Gasteiger partial charge in [0, 0.05) is 20.2 Å². The van der Waals surface area contributed by atoms with E-state index in [-0.39, 0.29) is 34.7 Å². The Morgan fingerprint density at radius 2 is 2.14 bits per heavy atom. The molecule has 0 saturated carbocycles. The number of hydrogen-bond donors (Lipinski definition) is 3. The van der Waals surface area contributed by atoms with Crippen molar-refractivity contribution in [3.05, 3.63) is 27.2 Å². The number of carbonyl (C=O) groups excluding carboxylic acids is 1. The second-order valence-corrected chi connectivity index (χ2v) is 8.59. The molecule has 9 nitrogen and oxygen atoms in total. The molecule has 2 aromatic rings. The second kappa shape index (κ2) is 8.68. The smallest absolute Gasteiger partial charge is 0.347 e. The minimum atomic E-state index is -0.977. The van der Waals surface area contributed by atoms with Crippen LogP contribution in [0.25, 0.3) is 0 Å². The van der Waals surface area contributed by atoms with E-state index in [1.807, 2.05) is 18.7 Å². The number of H-pyrrole nitrogens is 1. The van der Waals surface area contributed by atoms with Crippen LogP contribution in [0.3, 0.4) is 0 Å². The van der Waals surface area contributed by atoms with Crippen molar-refractivity contribution in [2.75, 3.05) is 25.1 Å². The fourth-order valence-corrected chi connectivity index (χ4v) is 4.59. The van der Waals surface area contributed by atoms with Gasteiger partial charge in [0.15, 0.2) is 16.1 Å². The zero-order valence-corrected chi connectivity index (χ0v) is 18.2. The molecule has 2 aromatic heterocycles. The zero-order chi connectivity index (χ0) is 21.3. The molecule has 3 heterocycles. The number of carboxylic acid groups (broad SMARTS) is 1. The Hall–Kier alpha value is -2.17. The van der Waals surface area contributed by atoms with E-state index in [4.69, 9.17) is 16.3 Å². The zero-order valence-electron chi connectivity index (χ0n) is 16.7. The summed E-state index contributed by atoms with van der Waals surface area (Å²) in [4.78, 5) is 37.6. The van der Waals surface area contributed by atoms with E-state index in [1.165, 1.54) is 0 Å². The topological polar surface area (TPSA) is 120 Å². The minimum Gasteiger partial charge on any atom is -0.477 e. The number of carbonyl (C=O) groups is 2. The van der Waals surface area contributed by atoms with Gasteiger partial charge in [0.2, 0.25) is 0 Å². The molecule has 0 radical (unpaired) electrons. The summed E-state index contributed by atoms with van der Waals surface area (Å²) in [5.41, 5.74) is 1.22. The number of halogens is 1. The van der Waals surface area contributed by atoms with E-state index in [9.17, 15) is 14.7 Å². The standard InChI is InChI=1S/C18H24ClN5O4S/c1-8(2)12-14(19)23-15(22-12)16(25)21-10-5-6-24(7-11(10)28-4)18-20-9(3)13(29-18)17(26)27/h8,10-11H,5-7H2,1-4H3,(H,21,25)(H,22,23)(H,26,27)/t10-,11+/m0/s1. The van der Waals surface area contributed by atoms with Crippen LogP contribution in [0.15, 0.2) is 0 Å². The molecule has 158 valence electrons. The number of anilines is 1. The maximum atomic E-state index is 12.6. The molecule has 2 atom stereocenters. The molecule has 11 heteroatoms. The molecular formula is C18H24ClN5O4S. The molecule has 1 amide bonds. The van der Waals surface area contributed by atoms with Crippen molar-refractivity contribution < 1.29 is 19.4 Å². The van der Waals surface area contributed by atoms with Crippen LogP contribution >= 0.6 is 22.9 Å². The Bertz CT molecular complexity index is 912. The maximum Gasteiger partial charge on any atom is 0.347 e. The highest BCUT2D eigenvalue weighted by atomic mass is 35.5. The average molecular weight is 442 g/mol. The van der Waals surface area contributed by atoms with Gasteiger partial charge < -0.3 is 25.0 Å². The van der Waals surface area contributed by atoms with E-state index in [0.29, 0.717) is 35.5 Å². The number of carboxylic acids is 1. The van der Waals surface area contributed by atoms with Crippen molar-refractivity contribution >= 4 is 39.9 Å². The molecule has 0 aromatic carbocycles. The summed E-state index contributed by atoms with van der Waals surface area (Å²) >= 11 is 7.25. The second-order valence-electron chi connectivity index (χ2n) is 7.25. The van der Waals surface area contributed by atoms with Crippen LogP contribution in [0, 0.1) is 6.92 Å². The fourth-order valence-electron chi connectivity index (χ4n) is 3.30. The van der Waals surface area contributed by atoms with Gasteiger partial charge in [-0.15, -0.1) is 0 Å². The van der Waals surface area contributed by atoms with Gasteiger partial charge in [-0.3, -0.25) is 4.79 Å². The Morgan fingerprint density at radius 3 is 2.69 bits per heavy atom. The lowest BCUT2D eigenvalue weighted by Crippen LogP contribution is -2.55. The van der Waals surface area contributed by atoms with Crippen LogP contribution in [0.2, 0.25) is 5.15 Å². The third-order valence-corrected chi connectivity index (χ3v) is 6.40. The molecule has 0 unspecified atom stereocenters. The number of aryl methyl sites for hydroxylation is 1.